The monoisotopic (exact) mass is 415 g/mol. The van der Waals surface area contributed by atoms with Gasteiger partial charge in [-0.05, 0) is 86.3 Å². The molecule has 0 radical (unpaired) electrons. The molecule has 6 rings (SSSR count). The minimum atomic E-state index is -0.353. The Morgan fingerprint density at radius 3 is 2.48 bits per heavy atom. The van der Waals surface area contributed by atoms with Gasteiger partial charge in [-0.15, -0.1) is 0 Å². The molecule has 4 fully saturated rings. The van der Waals surface area contributed by atoms with Crippen LogP contribution in [0, 0.1) is 35.9 Å². The maximum atomic E-state index is 13.3. The molecule has 1 heterocycles. The molecular weight excluding hydrogens is 389 g/mol. The first-order chi connectivity index (χ1) is 13.9. The highest BCUT2D eigenvalue weighted by atomic mass is 35.5. The van der Waals surface area contributed by atoms with Crippen molar-refractivity contribution in [2.24, 2.45) is 23.2 Å². The van der Waals surface area contributed by atoms with Gasteiger partial charge in [0.25, 0.3) is 0 Å². The van der Waals surface area contributed by atoms with Crippen LogP contribution >= 0.6 is 11.6 Å². The van der Waals surface area contributed by atoms with Crippen molar-refractivity contribution in [3.63, 3.8) is 0 Å². The Kier molecular flexibility index (Phi) is 4.69. The van der Waals surface area contributed by atoms with Crippen molar-refractivity contribution >= 4 is 23.3 Å². The summed E-state index contributed by atoms with van der Waals surface area (Å²) in [5, 5.41) is 7.94. The Labute approximate surface area is 175 Å². The highest BCUT2D eigenvalue weighted by Crippen LogP contribution is 2.61. The first kappa shape index (κ1) is 19.1. The minimum absolute atomic E-state index is 0.0800. The first-order valence-electron chi connectivity index (χ1n) is 10.7. The lowest BCUT2D eigenvalue weighted by Gasteiger charge is -2.56. The molecule has 1 aromatic heterocycles. The molecule has 0 unspecified atom stereocenters. The summed E-state index contributed by atoms with van der Waals surface area (Å²) in [5.41, 5.74) is 1.94. The van der Waals surface area contributed by atoms with E-state index in [4.69, 9.17) is 11.6 Å². The van der Waals surface area contributed by atoms with E-state index in [0.717, 1.165) is 29.0 Å². The summed E-state index contributed by atoms with van der Waals surface area (Å²) in [7, 11) is 0. The van der Waals surface area contributed by atoms with E-state index in [0.29, 0.717) is 23.8 Å². The van der Waals surface area contributed by atoms with Gasteiger partial charge in [0.05, 0.1) is 6.54 Å². The van der Waals surface area contributed by atoms with Gasteiger partial charge in [0.2, 0.25) is 5.91 Å². The number of hydrogen-bond acceptors (Lipinski definition) is 2. The summed E-state index contributed by atoms with van der Waals surface area (Å²) in [4.78, 5) is 12.8. The molecule has 4 saturated carbocycles. The van der Waals surface area contributed by atoms with Crippen LogP contribution in [-0.2, 0) is 11.3 Å². The number of benzene rings is 1. The second-order valence-corrected chi connectivity index (χ2v) is 10.1. The molecule has 0 aliphatic heterocycles. The standard InChI is InChI=1S/C23H27ClFN3O/c1-14-4-21(27-28(14)13-18-2-3-19(25)8-20(18)24)26-22(29)12-23-9-15-5-16(10-23)7-17(6-15)11-23/h2-4,8,15-17H,5-7,9-13H2,1H3,(H,26,27,29). The molecule has 4 nitrogen and oxygen atoms in total. The van der Waals surface area contributed by atoms with Crippen molar-refractivity contribution in [2.45, 2.75) is 58.4 Å². The average molecular weight is 416 g/mol. The van der Waals surface area contributed by atoms with E-state index in [1.54, 1.807) is 10.7 Å². The number of carbonyl (C=O) groups excluding carboxylic acids is 1. The third-order valence-corrected chi connectivity index (χ3v) is 7.64. The van der Waals surface area contributed by atoms with E-state index in [1.165, 1.54) is 50.7 Å². The van der Waals surface area contributed by atoms with E-state index in [-0.39, 0.29) is 17.1 Å². The zero-order valence-electron chi connectivity index (χ0n) is 16.8. The van der Waals surface area contributed by atoms with E-state index >= 15 is 0 Å². The highest BCUT2D eigenvalue weighted by molar-refractivity contribution is 6.31. The second kappa shape index (κ2) is 7.12. The fourth-order valence-electron chi connectivity index (χ4n) is 6.58. The van der Waals surface area contributed by atoms with E-state index < -0.39 is 0 Å². The smallest absolute Gasteiger partial charge is 0.226 e. The lowest BCUT2D eigenvalue weighted by atomic mass is 9.49. The topological polar surface area (TPSA) is 46.9 Å². The Bertz CT molecular complexity index is 918. The van der Waals surface area contributed by atoms with Gasteiger partial charge in [0.1, 0.15) is 5.82 Å². The molecule has 6 heteroatoms. The van der Waals surface area contributed by atoms with Gasteiger partial charge in [-0.2, -0.15) is 5.10 Å². The molecule has 0 atom stereocenters. The molecule has 1 N–H and O–H groups in total. The Morgan fingerprint density at radius 2 is 1.86 bits per heavy atom. The van der Waals surface area contributed by atoms with Gasteiger partial charge >= 0.3 is 0 Å². The maximum absolute atomic E-state index is 13.3. The predicted octanol–water partition coefficient (Wildman–Crippen LogP) is 5.58. The van der Waals surface area contributed by atoms with Crippen LogP contribution in [0.2, 0.25) is 5.02 Å². The fourth-order valence-corrected chi connectivity index (χ4v) is 6.80. The van der Waals surface area contributed by atoms with Gasteiger partial charge in [-0.1, -0.05) is 17.7 Å². The number of aromatic nitrogens is 2. The number of nitrogens with one attached hydrogen (secondary N) is 1. The largest absolute Gasteiger partial charge is 0.309 e. The summed E-state index contributed by atoms with van der Waals surface area (Å²) in [6.07, 6.45) is 8.45. The molecule has 29 heavy (non-hydrogen) atoms. The van der Waals surface area contributed by atoms with Crippen molar-refractivity contribution < 1.29 is 9.18 Å². The van der Waals surface area contributed by atoms with Gasteiger partial charge < -0.3 is 5.32 Å². The van der Waals surface area contributed by atoms with Crippen LogP contribution in [0.4, 0.5) is 10.2 Å². The lowest BCUT2D eigenvalue weighted by molar-refractivity contribution is -0.124. The zero-order valence-corrected chi connectivity index (χ0v) is 17.5. The Morgan fingerprint density at radius 1 is 1.21 bits per heavy atom. The van der Waals surface area contributed by atoms with Crippen LogP contribution < -0.4 is 5.32 Å². The average Bonchev–Trinajstić information content (AvgIpc) is 2.94. The SMILES string of the molecule is Cc1cc(NC(=O)CC23CC4CC(CC(C4)C2)C3)nn1Cc1ccc(F)cc1Cl. The van der Waals surface area contributed by atoms with Crippen molar-refractivity contribution in [3.8, 4) is 0 Å². The molecule has 2 aromatic rings. The quantitative estimate of drug-likeness (QED) is 0.693. The number of carbonyl (C=O) groups is 1. The van der Waals surface area contributed by atoms with Crippen LogP contribution in [-0.4, -0.2) is 15.7 Å². The molecule has 1 aromatic carbocycles. The fraction of sp³-hybridized carbons (Fsp3) is 0.565. The highest BCUT2D eigenvalue weighted by Gasteiger charge is 2.51. The van der Waals surface area contributed by atoms with Crippen molar-refractivity contribution in [2.75, 3.05) is 5.32 Å². The molecule has 154 valence electrons. The van der Waals surface area contributed by atoms with E-state index in [1.807, 2.05) is 13.0 Å². The maximum Gasteiger partial charge on any atom is 0.226 e. The van der Waals surface area contributed by atoms with E-state index in [9.17, 15) is 9.18 Å². The predicted molar refractivity (Wildman–Crippen MR) is 111 cm³/mol. The van der Waals surface area contributed by atoms with Gasteiger partial charge in [-0.3, -0.25) is 9.48 Å². The van der Waals surface area contributed by atoms with Crippen molar-refractivity contribution in [1.29, 1.82) is 0 Å². The summed E-state index contributed by atoms with van der Waals surface area (Å²) in [5.74, 6) is 2.84. The summed E-state index contributed by atoms with van der Waals surface area (Å²) in [6.45, 7) is 2.38. The van der Waals surface area contributed by atoms with Crippen molar-refractivity contribution in [1.82, 2.24) is 9.78 Å². The number of nitrogens with zero attached hydrogens (tertiary/aromatic N) is 2. The van der Waals surface area contributed by atoms with E-state index in [2.05, 4.69) is 10.4 Å². The molecule has 4 aliphatic rings. The number of aryl methyl sites for hydroxylation is 1. The molecule has 1 amide bonds. The summed E-state index contributed by atoms with van der Waals surface area (Å²) >= 11 is 6.14. The van der Waals surface area contributed by atoms with Gasteiger partial charge in [0.15, 0.2) is 5.82 Å². The molecule has 0 saturated heterocycles. The first-order valence-corrected chi connectivity index (χ1v) is 11.0. The lowest BCUT2D eigenvalue weighted by Crippen LogP contribution is -2.47. The number of halogens is 2. The van der Waals surface area contributed by atoms with Crippen LogP contribution in [0.15, 0.2) is 24.3 Å². The minimum Gasteiger partial charge on any atom is -0.309 e. The summed E-state index contributed by atoms with van der Waals surface area (Å²) in [6, 6.07) is 6.26. The normalized spacial score (nSPS) is 30.0. The second-order valence-electron chi connectivity index (χ2n) is 9.71. The number of anilines is 1. The zero-order chi connectivity index (χ0) is 20.2. The molecular formula is C23H27ClFN3O. The third-order valence-electron chi connectivity index (χ3n) is 7.28. The molecule has 4 bridgehead atoms. The van der Waals surface area contributed by atoms with Crippen LogP contribution in [0.5, 0.6) is 0 Å². The number of rotatable bonds is 5. The van der Waals surface area contributed by atoms with Crippen LogP contribution in [0.3, 0.4) is 0 Å². The number of amides is 1. The van der Waals surface area contributed by atoms with Gasteiger partial charge in [0, 0.05) is 23.2 Å². The third kappa shape index (κ3) is 3.81. The molecule has 0 spiro atoms. The van der Waals surface area contributed by atoms with Gasteiger partial charge in [-0.25, -0.2) is 4.39 Å². The Hall–Kier alpha value is -1.88. The van der Waals surface area contributed by atoms with Crippen LogP contribution in [0.25, 0.3) is 0 Å². The summed E-state index contributed by atoms with van der Waals surface area (Å²) < 4.78 is 15.1. The Balaban J connectivity index is 1.25. The van der Waals surface area contributed by atoms with Crippen molar-refractivity contribution in [3.05, 3.63) is 46.4 Å². The number of hydrogen-bond donors (Lipinski definition) is 1. The molecule has 4 aliphatic carbocycles. The van der Waals surface area contributed by atoms with Crippen LogP contribution in [0.1, 0.15) is 56.2 Å².